The summed E-state index contributed by atoms with van der Waals surface area (Å²) in [7, 11) is -3.82. The van der Waals surface area contributed by atoms with Crippen LogP contribution in [0.25, 0.3) is 5.70 Å². The van der Waals surface area contributed by atoms with Crippen molar-refractivity contribution in [1.29, 1.82) is 0 Å². The number of primary sulfonamides is 1. The van der Waals surface area contributed by atoms with Crippen molar-refractivity contribution < 1.29 is 23.1 Å². The van der Waals surface area contributed by atoms with Crippen LogP contribution in [-0.4, -0.2) is 33.3 Å². The van der Waals surface area contributed by atoms with Crippen LogP contribution < -0.4 is 5.14 Å². The fraction of sp³-hybridized carbons (Fsp3) is 0.263. The first-order valence-corrected chi connectivity index (χ1v) is 10.5. The van der Waals surface area contributed by atoms with Gasteiger partial charge < -0.3 is 9.57 Å². The second-order valence-electron chi connectivity index (χ2n) is 6.55. The zero-order chi connectivity index (χ0) is 21.6. The van der Waals surface area contributed by atoms with Gasteiger partial charge in [-0.05, 0) is 30.2 Å². The number of nitrogens with two attached hydrogens (primary N) is 1. The Kier molecular flexibility index (Phi) is 6.55. The summed E-state index contributed by atoms with van der Waals surface area (Å²) < 4.78 is 28.8. The molecule has 30 heavy (non-hydrogen) atoms. The van der Waals surface area contributed by atoms with Crippen LogP contribution in [0.3, 0.4) is 0 Å². The Morgan fingerprint density at radius 2 is 1.77 bits per heavy atom. The van der Waals surface area contributed by atoms with Crippen molar-refractivity contribution in [2.45, 2.75) is 16.9 Å². The minimum absolute atomic E-state index is 0.0126. The minimum Gasteiger partial charge on any atom is -0.378 e. The van der Waals surface area contributed by atoms with Gasteiger partial charge in [0.05, 0.1) is 23.8 Å². The van der Waals surface area contributed by atoms with E-state index in [9.17, 15) is 18.5 Å². The number of ether oxygens (including phenoxy) is 1. The number of benzene rings is 2. The Bertz CT molecular complexity index is 1050. The van der Waals surface area contributed by atoms with Crippen molar-refractivity contribution in [3.63, 3.8) is 0 Å². The van der Waals surface area contributed by atoms with Gasteiger partial charge >= 0.3 is 0 Å². The molecule has 1 aliphatic rings. The Morgan fingerprint density at radius 1 is 1.07 bits per heavy atom. The topological polar surface area (TPSA) is 146 Å². The van der Waals surface area contributed by atoms with Crippen molar-refractivity contribution in [2.24, 2.45) is 15.4 Å². The number of nitrogens with zero attached hydrogens (tertiary/aromatic N) is 3. The molecule has 2 N–H and O–H groups in total. The van der Waals surface area contributed by atoms with Crippen LogP contribution in [-0.2, 0) is 25.1 Å². The quantitative estimate of drug-likeness (QED) is 0.347. The summed E-state index contributed by atoms with van der Waals surface area (Å²) in [6.45, 7) is 0.255. The van der Waals surface area contributed by atoms with Gasteiger partial charge in [-0.2, -0.15) is 10.2 Å². The largest absolute Gasteiger partial charge is 0.378 e. The number of rotatable bonds is 10. The summed E-state index contributed by atoms with van der Waals surface area (Å²) in [5, 5.41) is 23.2. The summed E-state index contributed by atoms with van der Waals surface area (Å²) in [5.41, 5.74) is 1.24. The fourth-order valence-corrected chi connectivity index (χ4v) is 3.45. The molecule has 2 aromatic rings. The lowest BCUT2D eigenvalue weighted by atomic mass is 9.90. The molecule has 0 radical (unpaired) electrons. The van der Waals surface area contributed by atoms with Gasteiger partial charge in [0.25, 0.3) is 5.09 Å². The van der Waals surface area contributed by atoms with E-state index < -0.39 is 20.6 Å². The molecule has 11 heteroatoms. The molecule has 0 aromatic heterocycles. The number of azo groups is 1. The molecule has 158 valence electrons. The van der Waals surface area contributed by atoms with Crippen LogP contribution >= 0.6 is 0 Å². The van der Waals surface area contributed by atoms with Crippen LogP contribution in [0.5, 0.6) is 0 Å². The minimum atomic E-state index is -3.82. The maximum Gasteiger partial charge on any atom is 0.294 e. The van der Waals surface area contributed by atoms with Gasteiger partial charge in [-0.1, -0.05) is 42.5 Å². The molecule has 0 spiro atoms. The molecule has 1 unspecified atom stereocenters. The van der Waals surface area contributed by atoms with Crippen molar-refractivity contribution in [3.8, 4) is 0 Å². The Morgan fingerprint density at radius 3 is 2.40 bits per heavy atom. The van der Waals surface area contributed by atoms with Crippen LogP contribution in [0.2, 0.25) is 0 Å². The third kappa shape index (κ3) is 5.26. The molecular formula is C19H20N4O6S. The first kappa shape index (κ1) is 21.6. The third-order valence-electron chi connectivity index (χ3n) is 4.42. The normalized spacial score (nSPS) is 18.2. The van der Waals surface area contributed by atoms with Gasteiger partial charge in [0, 0.05) is 12.2 Å². The maximum absolute atomic E-state index is 11.5. The lowest BCUT2D eigenvalue weighted by Gasteiger charge is -2.23. The summed E-state index contributed by atoms with van der Waals surface area (Å²) in [6.07, 6.45) is 2.18. The first-order valence-electron chi connectivity index (χ1n) is 9.00. The number of sulfonamides is 1. The molecule has 1 aliphatic heterocycles. The molecule has 0 saturated carbocycles. The molecule has 0 fully saturated rings. The third-order valence-corrected chi connectivity index (χ3v) is 5.35. The lowest BCUT2D eigenvalue weighted by molar-refractivity contribution is -0.757. The van der Waals surface area contributed by atoms with E-state index in [1.54, 1.807) is 12.1 Å². The van der Waals surface area contributed by atoms with Crippen LogP contribution in [0.1, 0.15) is 17.5 Å². The van der Waals surface area contributed by atoms with E-state index >= 15 is 0 Å². The summed E-state index contributed by atoms with van der Waals surface area (Å²) in [6, 6.07) is 15.5. The fourth-order valence-electron chi connectivity index (χ4n) is 2.93. The molecular weight excluding hydrogens is 412 g/mol. The highest BCUT2D eigenvalue weighted by Gasteiger charge is 2.35. The molecule has 0 aliphatic carbocycles. The molecule has 2 aromatic carbocycles. The summed E-state index contributed by atoms with van der Waals surface area (Å²) in [4.78, 5) is 14.5. The highest BCUT2D eigenvalue weighted by Crippen LogP contribution is 2.38. The van der Waals surface area contributed by atoms with E-state index in [4.69, 9.17) is 9.88 Å². The van der Waals surface area contributed by atoms with Crippen LogP contribution in [0.4, 0.5) is 0 Å². The van der Waals surface area contributed by atoms with Crippen molar-refractivity contribution in [2.75, 3.05) is 19.8 Å². The van der Waals surface area contributed by atoms with Crippen molar-refractivity contribution in [3.05, 3.63) is 81.9 Å². The van der Waals surface area contributed by atoms with E-state index in [0.717, 1.165) is 5.56 Å². The highest BCUT2D eigenvalue weighted by molar-refractivity contribution is 7.89. The van der Waals surface area contributed by atoms with Gasteiger partial charge in [-0.15, -0.1) is 10.1 Å². The lowest BCUT2D eigenvalue weighted by Crippen LogP contribution is -2.27. The maximum atomic E-state index is 11.5. The van der Waals surface area contributed by atoms with E-state index in [1.165, 1.54) is 12.1 Å². The van der Waals surface area contributed by atoms with Crippen LogP contribution in [0.15, 0.2) is 75.8 Å². The Hall–Kier alpha value is -3.15. The predicted molar refractivity (Wildman–Crippen MR) is 107 cm³/mol. The van der Waals surface area contributed by atoms with E-state index in [2.05, 4.69) is 15.1 Å². The molecule has 1 atom stereocenters. The zero-order valence-corrected chi connectivity index (χ0v) is 16.7. The summed E-state index contributed by atoms with van der Waals surface area (Å²) >= 11 is 0. The van der Waals surface area contributed by atoms with E-state index in [-0.39, 0.29) is 24.7 Å². The molecule has 0 saturated heterocycles. The van der Waals surface area contributed by atoms with Crippen molar-refractivity contribution in [1.82, 2.24) is 0 Å². The van der Waals surface area contributed by atoms with Crippen LogP contribution in [0, 0.1) is 10.1 Å². The number of hydrogen-bond acceptors (Lipinski definition) is 8. The Labute approximate surface area is 173 Å². The van der Waals surface area contributed by atoms with E-state index in [1.807, 2.05) is 36.4 Å². The SMILES string of the molecule is NS(=O)(=O)c1ccc(C2(COCCCO[N+](=O)[O-])C=C(c3ccccc3)N=N2)cc1. The number of hydrogen-bond donors (Lipinski definition) is 1. The molecule has 10 nitrogen and oxygen atoms in total. The standard InChI is InChI=1S/C19H20N4O6S/c20-30(26,27)17-9-7-16(8-10-17)19(14-28-11-4-12-29-23(24)25)13-18(21-22-19)15-5-2-1-3-6-15/h1-3,5-10,13H,4,11-12,14H2,(H2,20,26,27). The molecule has 1 heterocycles. The van der Waals surface area contributed by atoms with Gasteiger partial charge in [0.1, 0.15) is 0 Å². The monoisotopic (exact) mass is 432 g/mol. The molecule has 0 amide bonds. The smallest absolute Gasteiger partial charge is 0.294 e. The zero-order valence-electron chi connectivity index (χ0n) is 15.9. The van der Waals surface area contributed by atoms with Gasteiger partial charge in [0.2, 0.25) is 10.0 Å². The van der Waals surface area contributed by atoms with Gasteiger partial charge in [-0.3, -0.25) is 0 Å². The molecule has 3 rings (SSSR count). The van der Waals surface area contributed by atoms with E-state index in [0.29, 0.717) is 17.7 Å². The highest BCUT2D eigenvalue weighted by atomic mass is 32.2. The van der Waals surface area contributed by atoms with Gasteiger partial charge in [0.15, 0.2) is 5.54 Å². The first-order chi connectivity index (χ1) is 14.3. The second kappa shape index (κ2) is 9.11. The molecule has 0 bridgehead atoms. The summed E-state index contributed by atoms with van der Waals surface area (Å²) in [5.74, 6) is 0. The van der Waals surface area contributed by atoms with Crippen molar-refractivity contribution >= 4 is 15.7 Å². The average molecular weight is 432 g/mol. The average Bonchev–Trinajstić information content (AvgIpc) is 3.16. The predicted octanol–water partition coefficient (Wildman–Crippen LogP) is 2.65. The van der Waals surface area contributed by atoms with Gasteiger partial charge in [-0.25, -0.2) is 13.6 Å². The second-order valence-corrected chi connectivity index (χ2v) is 8.11. The Balaban J connectivity index is 1.82.